The van der Waals surface area contributed by atoms with Crippen molar-refractivity contribution >= 4 is 17.8 Å². The molecule has 0 spiro atoms. The van der Waals surface area contributed by atoms with Gasteiger partial charge in [0.1, 0.15) is 6.54 Å². The largest absolute Gasteiger partial charge is 0.341 e. The third kappa shape index (κ3) is 4.59. The van der Waals surface area contributed by atoms with Crippen molar-refractivity contribution < 1.29 is 14.4 Å². The molecule has 2 aliphatic heterocycles. The molecule has 1 aromatic rings. The van der Waals surface area contributed by atoms with Crippen molar-refractivity contribution in [1.29, 1.82) is 0 Å². The van der Waals surface area contributed by atoms with E-state index in [9.17, 15) is 14.4 Å². The lowest BCUT2D eigenvalue weighted by atomic mass is 10.1. The zero-order chi connectivity index (χ0) is 19.6. The minimum Gasteiger partial charge on any atom is -0.341 e. The van der Waals surface area contributed by atoms with Gasteiger partial charge in [0.25, 0.3) is 0 Å². The first kappa shape index (κ1) is 19.2. The van der Waals surface area contributed by atoms with E-state index in [0.29, 0.717) is 39.1 Å². The zero-order valence-corrected chi connectivity index (χ0v) is 16.3. The van der Waals surface area contributed by atoms with Crippen LogP contribution in [-0.4, -0.2) is 71.3 Å². The number of benzene rings is 1. The Labute approximate surface area is 160 Å². The quantitative estimate of drug-likeness (QED) is 0.865. The van der Waals surface area contributed by atoms with Crippen LogP contribution in [0.3, 0.4) is 0 Å². The van der Waals surface area contributed by atoms with Crippen molar-refractivity contribution in [3.8, 4) is 0 Å². The molecule has 0 aliphatic carbocycles. The normalized spacial score (nSPS) is 20.4. The SMILES string of the molecule is CCN1C[C@H](NC(=O)N2CCN(Cc3cc(C)cc(C)c3)C(=O)C2)CC1=O. The molecule has 2 aliphatic rings. The summed E-state index contributed by atoms with van der Waals surface area (Å²) >= 11 is 0. The van der Waals surface area contributed by atoms with E-state index in [4.69, 9.17) is 0 Å². The van der Waals surface area contributed by atoms with Gasteiger partial charge >= 0.3 is 6.03 Å². The van der Waals surface area contributed by atoms with E-state index in [2.05, 4.69) is 23.5 Å². The number of piperazine rings is 1. The maximum atomic E-state index is 12.5. The van der Waals surface area contributed by atoms with E-state index < -0.39 is 0 Å². The fraction of sp³-hybridized carbons (Fsp3) is 0.550. The van der Waals surface area contributed by atoms with E-state index in [1.54, 1.807) is 14.7 Å². The molecule has 0 bridgehead atoms. The maximum Gasteiger partial charge on any atom is 0.318 e. The van der Waals surface area contributed by atoms with Crippen LogP contribution in [0.15, 0.2) is 18.2 Å². The van der Waals surface area contributed by atoms with Crippen LogP contribution in [0.2, 0.25) is 0 Å². The van der Waals surface area contributed by atoms with E-state index in [0.717, 1.165) is 5.56 Å². The van der Waals surface area contributed by atoms with Crippen molar-refractivity contribution in [3.05, 3.63) is 34.9 Å². The third-order valence-corrected chi connectivity index (χ3v) is 5.18. The molecule has 146 valence electrons. The maximum absolute atomic E-state index is 12.5. The van der Waals surface area contributed by atoms with Gasteiger partial charge in [-0.15, -0.1) is 0 Å². The number of rotatable bonds is 4. The average molecular weight is 372 g/mol. The average Bonchev–Trinajstić information content (AvgIpc) is 2.95. The zero-order valence-electron chi connectivity index (χ0n) is 16.3. The Hall–Kier alpha value is -2.57. The predicted octanol–water partition coefficient (Wildman–Crippen LogP) is 1.28. The molecule has 3 rings (SSSR count). The van der Waals surface area contributed by atoms with Gasteiger partial charge in [0.05, 0.1) is 6.04 Å². The van der Waals surface area contributed by atoms with Crippen molar-refractivity contribution in [1.82, 2.24) is 20.0 Å². The third-order valence-electron chi connectivity index (χ3n) is 5.18. The van der Waals surface area contributed by atoms with Gasteiger partial charge in [0, 0.05) is 39.1 Å². The van der Waals surface area contributed by atoms with Crippen LogP contribution in [0.4, 0.5) is 4.79 Å². The van der Waals surface area contributed by atoms with Crippen LogP contribution in [-0.2, 0) is 16.1 Å². The molecule has 2 saturated heterocycles. The smallest absolute Gasteiger partial charge is 0.318 e. The Bertz CT molecular complexity index is 728. The van der Waals surface area contributed by atoms with Crippen molar-refractivity contribution in [3.63, 3.8) is 0 Å². The molecule has 2 heterocycles. The second-order valence-corrected chi connectivity index (χ2v) is 7.52. The van der Waals surface area contributed by atoms with E-state index >= 15 is 0 Å². The van der Waals surface area contributed by atoms with E-state index in [1.165, 1.54) is 11.1 Å². The minimum atomic E-state index is -0.259. The van der Waals surface area contributed by atoms with Gasteiger partial charge in [0.2, 0.25) is 11.8 Å². The van der Waals surface area contributed by atoms with E-state index in [-0.39, 0.29) is 30.4 Å². The monoisotopic (exact) mass is 372 g/mol. The first-order chi connectivity index (χ1) is 12.9. The summed E-state index contributed by atoms with van der Waals surface area (Å²) in [5, 5.41) is 2.90. The summed E-state index contributed by atoms with van der Waals surface area (Å²) in [5.41, 5.74) is 3.48. The molecule has 0 saturated carbocycles. The van der Waals surface area contributed by atoms with Gasteiger partial charge in [-0.25, -0.2) is 4.79 Å². The van der Waals surface area contributed by atoms with Crippen LogP contribution in [0, 0.1) is 13.8 Å². The summed E-state index contributed by atoms with van der Waals surface area (Å²) in [5.74, 6) is 0.0189. The van der Waals surface area contributed by atoms with Gasteiger partial charge in [-0.05, 0) is 26.3 Å². The summed E-state index contributed by atoms with van der Waals surface area (Å²) in [6.45, 7) is 8.89. The highest BCUT2D eigenvalue weighted by Gasteiger charge is 2.32. The number of hydrogen-bond donors (Lipinski definition) is 1. The molecule has 7 nitrogen and oxygen atoms in total. The minimum absolute atomic E-state index is 0.0479. The topological polar surface area (TPSA) is 73.0 Å². The van der Waals surface area contributed by atoms with Crippen molar-refractivity contribution in [2.24, 2.45) is 0 Å². The molecular formula is C20H28N4O3. The van der Waals surface area contributed by atoms with Gasteiger partial charge < -0.3 is 20.0 Å². The summed E-state index contributed by atoms with van der Waals surface area (Å²) in [6.07, 6.45) is 0.334. The molecule has 27 heavy (non-hydrogen) atoms. The van der Waals surface area contributed by atoms with Crippen LogP contribution in [0.1, 0.15) is 30.0 Å². The number of hydrogen-bond acceptors (Lipinski definition) is 3. The number of carbonyl (C=O) groups is 3. The number of urea groups is 1. The van der Waals surface area contributed by atoms with Crippen LogP contribution in [0.25, 0.3) is 0 Å². The Morgan fingerprint density at radius 3 is 2.37 bits per heavy atom. The summed E-state index contributed by atoms with van der Waals surface area (Å²) in [7, 11) is 0. The Kier molecular flexibility index (Phi) is 5.68. The molecule has 1 aromatic carbocycles. The van der Waals surface area contributed by atoms with E-state index in [1.807, 2.05) is 20.8 Å². The van der Waals surface area contributed by atoms with Crippen LogP contribution >= 0.6 is 0 Å². The molecule has 2 fully saturated rings. The number of nitrogens with zero attached hydrogens (tertiary/aromatic N) is 3. The van der Waals surface area contributed by atoms with Gasteiger partial charge in [-0.1, -0.05) is 29.3 Å². The molecule has 1 atom stereocenters. The fourth-order valence-corrected chi connectivity index (χ4v) is 3.87. The standard InChI is InChI=1S/C20H28N4O3/c1-4-22-12-17(10-18(22)25)21-20(27)24-6-5-23(19(26)13-24)11-16-8-14(2)7-15(3)9-16/h7-9,17H,4-6,10-13H2,1-3H3,(H,21,27)/t17-/m1/s1. The van der Waals surface area contributed by atoms with Gasteiger partial charge in [0.15, 0.2) is 0 Å². The lowest BCUT2D eigenvalue weighted by molar-refractivity contribution is -0.135. The highest BCUT2D eigenvalue weighted by atomic mass is 16.2. The number of likely N-dealkylation sites (N-methyl/N-ethyl adjacent to an activating group) is 1. The molecule has 7 heteroatoms. The molecule has 0 unspecified atom stereocenters. The predicted molar refractivity (Wildman–Crippen MR) is 102 cm³/mol. The first-order valence-corrected chi connectivity index (χ1v) is 9.54. The molecule has 0 aromatic heterocycles. The summed E-state index contributed by atoms with van der Waals surface area (Å²) < 4.78 is 0. The van der Waals surface area contributed by atoms with Crippen LogP contribution < -0.4 is 5.32 Å². The first-order valence-electron chi connectivity index (χ1n) is 9.54. The number of carbonyl (C=O) groups excluding carboxylic acids is 3. The van der Waals surface area contributed by atoms with Crippen LogP contribution in [0.5, 0.6) is 0 Å². The molecular weight excluding hydrogens is 344 g/mol. The molecule has 0 radical (unpaired) electrons. The van der Waals surface area contributed by atoms with Gasteiger partial charge in [-0.3, -0.25) is 9.59 Å². The Balaban J connectivity index is 1.53. The Morgan fingerprint density at radius 1 is 1.07 bits per heavy atom. The lowest BCUT2D eigenvalue weighted by Gasteiger charge is -2.35. The molecule has 1 N–H and O–H groups in total. The second-order valence-electron chi connectivity index (χ2n) is 7.52. The highest BCUT2D eigenvalue weighted by molar-refractivity contribution is 5.86. The Morgan fingerprint density at radius 2 is 1.78 bits per heavy atom. The van der Waals surface area contributed by atoms with Gasteiger partial charge in [-0.2, -0.15) is 0 Å². The summed E-state index contributed by atoms with van der Waals surface area (Å²) in [4.78, 5) is 41.8. The number of aryl methyl sites for hydroxylation is 2. The second kappa shape index (κ2) is 7.98. The summed E-state index contributed by atoms with van der Waals surface area (Å²) in [6, 6.07) is 5.87. The highest BCUT2D eigenvalue weighted by Crippen LogP contribution is 2.15. The number of nitrogens with one attached hydrogen (secondary N) is 1. The number of amides is 4. The fourth-order valence-electron chi connectivity index (χ4n) is 3.87. The molecule has 4 amide bonds. The lowest BCUT2D eigenvalue weighted by Crippen LogP contribution is -2.55. The van der Waals surface area contributed by atoms with Crippen molar-refractivity contribution in [2.75, 3.05) is 32.7 Å². The van der Waals surface area contributed by atoms with Crippen molar-refractivity contribution in [2.45, 2.75) is 39.8 Å². The number of likely N-dealkylation sites (tertiary alicyclic amines) is 1.